The van der Waals surface area contributed by atoms with Gasteiger partial charge in [-0.3, -0.25) is 0 Å². The van der Waals surface area contributed by atoms with Crippen LogP contribution < -0.4 is 5.73 Å². The SMILES string of the molecule is Cn1c(Cc2ccc(CN)s2)nc2ccccc21. The van der Waals surface area contributed by atoms with Crippen LogP contribution in [0.15, 0.2) is 36.4 Å². The van der Waals surface area contributed by atoms with Gasteiger partial charge in [-0.05, 0) is 24.3 Å². The second-order valence-electron chi connectivity index (χ2n) is 4.32. The molecule has 18 heavy (non-hydrogen) atoms. The first kappa shape index (κ1) is 11.4. The van der Waals surface area contributed by atoms with E-state index in [0.29, 0.717) is 6.54 Å². The molecule has 2 aromatic heterocycles. The van der Waals surface area contributed by atoms with Crippen LogP contribution in [0.1, 0.15) is 15.6 Å². The maximum atomic E-state index is 5.64. The van der Waals surface area contributed by atoms with E-state index in [9.17, 15) is 0 Å². The minimum atomic E-state index is 0.618. The van der Waals surface area contributed by atoms with Crippen LogP contribution in [0.4, 0.5) is 0 Å². The maximum absolute atomic E-state index is 5.64. The van der Waals surface area contributed by atoms with Gasteiger partial charge < -0.3 is 10.3 Å². The van der Waals surface area contributed by atoms with Crippen molar-refractivity contribution < 1.29 is 0 Å². The van der Waals surface area contributed by atoms with Crippen molar-refractivity contribution >= 4 is 22.4 Å². The number of nitrogens with two attached hydrogens (primary N) is 1. The summed E-state index contributed by atoms with van der Waals surface area (Å²) in [5.74, 6) is 1.10. The molecule has 0 fully saturated rings. The van der Waals surface area contributed by atoms with Gasteiger partial charge in [0.15, 0.2) is 0 Å². The van der Waals surface area contributed by atoms with Gasteiger partial charge in [0.05, 0.1) is 11.0 Å². The minimum absolute atomic E-state index is 0.618. The summed E-state index contributed by atoms with van der Waals surface area (Å²) >= 11 is 1.77. The van der Waals surface area contributed by atoms with Crippen LogP contribution >= 0.6 is 11.3 Å². The molecule has 0 radical (unpaired) electrons. The first-order valence-corrected chi connectivity index (χ1v) is 6.77. The molecule has 92 valence electrons. The van der Waals surface area contributed by atoms with E-state index >= 15 is 0 Å². The summed E-state index contributed by atoms with van der Waals surface area (Å²) < 4.78 is 2.16. The van der Waals surface area contributed by atoms with E-state index in [-0.39, 0.29) is 0 Å². The molecular formula is C14H15N3S. The van der Waals surface area contributed by atoms with Crippen molar-refractivity contribution in [1.82, 2.24) is 9.55 Å². The Morgan fingerprint density at radius 2 is 1.94 bits per heavy atom. The summed E-state index contributed by atoms with van der Waals surface area (Å²) in [7, 11) is 2.07. The zero-order chi connectivity index (χ0) is 12.5. The van der Waals surface area contributed by atoms with Gasteiger partial charge >= 0.3 is 0 Å². The lowest BCUT2D eigenvalue weighted by Gasteiger charge is -2.00. The molecule has 4 heteroatoms. The van der Waals surface area contributed by atoms with Crippen molar-refractivity contribution in [2.24, 2.45) is 12.8 Å². The van der Waals surface area contributed by atoms with Gasteiger partial charge in [-0.1, -0.05) is 12.1 Å². The molecule has 0 aliphatic rings. The van der Waals surface area contributed by atoms with Crippen molar-refractivity contribution in [3.05, 3.63) is 52.0 Å². The third-order valence-electron chi connectivity index (χ3n) is 3.13. The van der Waals surface area contributed by atoms with Crippen molar-refractivity contribution in [2.75, 3.05) is 0 Å². The highest BCUT2D eigenvalue weighted by molar-refractivity contribution is 7.12. The molecule has 0 aliphatic carbocycles. The number of nitrogens with zero attached hydrogens (tertiary/aromatic N) is 2. The maximum Gasteiger partial charge on any atom is 0.114 e. The zero-order valence-electron chi connectivity index (χ0n) is 10.3. The van der Waals surface area contributed by atoms with E-state index in [1.807, 2.05) is 12.1 Å². The van der Waals surface area contributed by atoms with Crippen LogP contribution in [0, 0.1) is 0 Å². The second-order valence-corrected chi connectivity index (χ2v) is 5.58. The van der Waals surface area contributed by atoms with Gasteiger partial charge in [0.25, 0.3) is 0 Å². The van der Waals surface area contributed by atoms with Gasteiger partial charge in [-0.15, -0.1) is 11.3 Å². The van der Waals surface area contributed by atoms with Crippen LogP contribution in [0.3, 0.4) is 0 Å². The molecule has 0 bridgehead atoms. The number of aromatic nitrogens is 2. The summed E-state index contributed by atoms with van der Waals surface area (Å²) in [4.78, 5) is 7.22. The number of fused-ring (bicyclic) bond motifs is 1. The molecule has 0 aliphatic heterocycles. The molecule has 3 aromatic rings. The zero-order valence-corrected chi connectivity index (χ0v) is 11.1. The Kier molecular flexibility index (Phi) is 2.89. The lowest BCUT2D eigenvalue weighted by Crippen LogP contribution is -1.97. The predicted molar refractivity (Wildman–Crippen MR) is 75.7 cm³/mol. The van der Waals surface area contributed by atoms with Gasteiger partial charge in [0.1, 0.15) is 5.82 Å². The number of imidazole rings is 1. The standard InChI is InChI=1S/C14H15N3S/c1-17-13-5-3-2-4-12(13)16-14(17)8-10-6-7-11(9-15)18-10/h2-7H,8-9,15H2,1H3. The summed E-state index contributed by atoms with van der Waals surface area (Å²) in [6.07, 6.45) is 0.871. The molecule has 0 amide bonds. The normalized spacial score (nSPS) is 11.2. The van der Waals surface area contributed by atoms with E-state index in [1.165, 1.54) is 15.3 Å². The third-order valence-corrected chi connectivity index (χ3v) is 4.24. The highest BCUT2D eigenvalue weighted by Gasteiger charge is 2.08. The first-order valence-electron chi connectivity index (χ1n) is 5.96. The highest BCUT2D eigenvalue weighted by atomic mass is 32.1. The Morgan fingerprint density at radius 3 is 2.67 bits per heavy atom. The molecule has 2 heterocycles. The summed E-state index contributed by atoms with van der Waals surface area (Å²) in [5.41, 5.74) is 7.88. The van der Waals surface area contributed by atoms with Crippen molar-refractivity contribution in [2.45, 2.75) is 13.0 Å². The van der Waals surface area contributed by atoms with Crippen LogP contribution in [0.2, 0.25) is 0 Å². The number of para-hydroxylation sites is 2. The Balaban J connectivity index is 1.97. The average molecular weight is 257 g/mol. The minimum Gasteiger partial charge on any atom is -0.331 e. The number of benzene rings is 1. The number of hydrogen-bond donors (Lipinski definition) is 1. The van der Waals surface area contributed by atoms with Gasteiger partial charge in [0.2, 0.25) is 0 Å². The molecule has 0 saturated carbocycles. The summed E-state index contributed by atoms with van der Waals surface area (Å²) in [5, 5.41) is 0. The highest BCUT2D eigenvalue weighted by Crippen LogP contribution is 2.21. The van der Waals surface area contributed by atoms with Gasteiger partial charge in [-0.25, -0.2) is 4.98 Å². The van der Waals surface area contributed by atoms with Crippen LogP contribution in [-0.2, 0) is 20.0 Å². The monoisotopic (exact) mass is 257 g/mol. The molecular weight excluding hydrogens is 242 g/mol. The van der Waals surface area contributed by atoms with E-state index in [0.717, 1.165) is 17.8 Å². The molecule has 0 saturated heterocycles. The Labute approximate surface area is 110 Å². The molecule has 0 atom stereocenters. The number of hydrogen-bond acceptors (Lipinski definition) is 3. The Hall–Kier alpha value is -1.65. The van der Waals surface area contributed by atoms with Crippen LogP contribution in [0.5, 0.6) is 0 Å². The Bertz CT molecular complexity index is 681. The van der Waals surface area contributed by atoms with Gasteiger partial charge in [0, 0.05) is 29.8 Å². The molecule has 3 nitrogen and oxygen atoms in total. The van der Waals surface area contributed by atoms with Crippen LogP contribution in [0.25, 0.3) is 11.0 Å². The molecule has 3 rings (SSSR count). The topological polar surface area (TPSA) is 43.8 Å². The van der Waals surface area contributed by atoms with Crippen molar-refractivity contribution in [3.8, 4) is 0 Å². The lowest BCUT2D eigenvalue weighted by molar-refractivity contribution is 0.850. The van der Waals surface area contributed by atoms with Crippen molar-refractivity contribution in [3.63, 3.8) is 0 Å². The average Bonchev–Trinajstić information content (AvgIpc) is 2.97. The lowest BCUT2D eigenvalue weighted by atomic mass is 10.3. The quantitative estimate of drug-likeness (QED) is 0.784. The third kappa shape index (κ3) is 1.94. The van der Waals surface area contributed by atoms with E-state index < -0.39 is 0 Å². The largest absolute Gasteiger partial charge is 0.331 e. The Morgan fingerprint density at radius 1 is 1.17 bits per heavy atom. The number of rotatable bonds is 3. The fraction of sp³-hybridized carbons (Fsp3) is 0.214. The van der Waals surface area contributed by atoms with E-state index in [4.69, 9.17) is 5.73 Å². The fourth-order valence-corrected chi connectivity index (χ4v) is 3.03. The molecule has 2 N–H and O–H groups in total. The first-order chi connectivity index (χ1) is 8.78. The van der Waals surface area contributed by atoms with Crippen LogP contribution in [-0.4, -0.2) is 9.55 Å². The molecule has 0 spiro atoms. The van der Waals surface area contributed by atoms with Crippen molar-refractivity contribution in [1.29, 1.82) is 0 Å². The number of aryl methyl sites for hydroxylation is 1. The number of thiophene rings is 1. The second kappa shape index (κ2) is 4.55. The fourth-order valence-electron chi connectivity index (χ4n) is 2.14. The van der Waals surface area contributed by atoms with E-state index in [2.05, 4.69) is 40.9 Å². The smallest absolute Gasteiger partial charge is 0.114 e. The molecule has 1 aromatic carbocycles. The summed E-state index contributed by atoms with van der Waals surface area (Å²) in [6, 6.07) is 12.5. The molecule has 0 unspecified atom stereocenters. The van der Waals surface area contributed by atoms with Gasteiger partial charge in [-0.2, -0.15) is 0 Å². The van der Waals surface area contributed by atoms with E-state index in [1.54, 1.807) is 11.3 Å². The predicted octanol–water partition coefficient (Wildman–Crippen LogP) is 2.68. The summed E-state index contributed by atoms with van der Waals surface area (Å²) in [6.45, 7) is 0.618.